The molecule has 4 nitrogen and oxygen atoms in total. The molecule has 0 bridgehead atoms. The van der Waals surface area contributed by atoms with E-state index < -0.39 is 0 Å². The molecule has 2 aromatic rings. The summed E-state index contributed by atoms with van der Waals surface area (Å²) in [5, 5.41) is 3.26. The SMILES string of the molecule is COC(=O)c1cc(CNc2ccc(C)cc2Br)oc1C. The van der Waals surface area contributed by atoms with Gasteiger partial charge < -0.3 is 14.5 Å². The van der Waals surface area contributed by atoms with Crippen LogP contribution < -0.4 is 5.32 Å². The van der Waals surface area contributed by atoms with E-state index in [9.17, 15) is 4.79 Å². The molecule has 1 aromatic carbocycles. The molecule has 106 valence electrons. The van der Waals surface area contributed by atoms with Gasteiger partial charge >= 0.3 is 5.97 Å². The molecule has 0 spiro atoms. The summed E-state index contributed by atoms with van der Waals surface area (Å²) in [6.07, 6.45) is 0. The number of nitrogens with one attached hydrogen (secondary N) is 1. The molecule has 0 saturated carbocycles. The van der Waals surface area contributed by atoms with Crippen LogP contribution in [0.2, 0.25) is 0 Å². The van der Waals surface area contributed by atoms with Gasteiger partial charge in [-0.15, -0.1) is 0 Å². The van der Waals surface area contributed by atoms with E-state index in [0.717, 1.165) is 10.2 Å². The molecule has 0 aliphatic heterocycles. The molecule has 0 amide bonds. The first-order valence-electron chi connectivity index (χ1n) is 6.19. The van der Waals surface area contributed by atoms with Gasteiger partial charge in [0.2, 0.25) is 0 Å². The molecular formula is C15H16BrNO3. The highest BCUT2D eigenvalue weighted by Gasteiger charge is 2.15. The maximum Gasteiger partial charge on any atom is 0.341 e. The largest absolute Gasteiger partial charge is 0.465 e. The van der Waals surface area contributed by atoms with Gasteiger partial charge in [-0.25, -0.2) is 4.79 Å². The Labute approximate surface area is 126 Å². The van der Waals surface area contributed by atoms with Crippen LogP contribution in [-0.4, -0.2) is 13.1 Å². The fourth-order valence-electron chi connectivity index (χ4n) is 1.89. The van der Waals surface area contributed by atoms with Gasteiger partial charge in [-0.2, -0.15) is 0 Å². The van der Waals surface area contributed by atoms with Crippen LogP contribution in [0.15, 0.2) is 33.2 Å². The first-order valence-corrected chi connectivity index (χ1v) is 6.98. The number of halogens is 1. The van der Waals surface area contributed by atoms with Crippen molar-refractivity contribution >= 4 is 27.6 Å². The second-order valence-corrected chi connectivity index (χ2v) is 5.37. The van der Waals surface area contributed by atoms with Crippen molar-refractivity contribution in [2.45, 2.75) is 20.4 Å². The van der Waals surface area contributed by atoms with Crippen molar-refractivity contribution in [3.63, 3.8) is 0 Å². The quantitative estimate of drug-likeness (QED) is 0.855. The van der Waals surface area contributed by atoms with Crippen molar-refractivity contribution in [3.8, 4) is 0 Å². The number of furan rings is 1. The number of carbonyl (C=O) groups is 1. The Morgan fingerprint density at radius 3 is 2.75 bits per heavy atom. The molecule has 0 aliphatic rings. The smallest absolute Gasteiger partial charge is 0.341 e. The van der Waals surface area contributed by atoms with Crippen molar-refractivity contribution < 1.29 is 13.9 Å². The van der Waals surface area contributed by atoms with Gasteiger partial charge in [0.15, 0.2) is 0 Å². The zero-order chi connectivity index (χ0) is 14.7. The lowest BCUT2D eigenvalue weighted by atomic mass is 10.2. The molecule has 0 radical (unpaired) electrons. The summed E-state index contributed by atoms with van der Waals surface area (Å²) >= 11 is 3.51. The summed E-state index contributed by atoms with van der Waals surface area (Å²) in [6.45, 7) is 4.28. The number of esters is 1. The zero-order valence-electron chi connectivity index (χ0n) is 11.6. The number of anilines is 1. The molecule has 0 aliphatic carbocycles. The van der Waals surface area contributed by atoms with E-state index in [4.69, 9.17) is 9.15 Å². The fourth-order valence-corrected chi connectivity index (χ4v) is 2.52. The van der Waals surface area contributed by atoms with Crippen molar-refractivity contribution in [1.29, 1.82) is 0 Å². The lowest BCUT2D eigenvalue weighted by Crippen LogP contribution is -2.01. The molecule has 5 heteroatoms. The third-order valence-corrected chi connectivity index (χ3v) is 3.61. The maximum absolute atomic E-state index is 11.5. The number of benzene rings is 1. The molecule has 20 heavy (non-hydrogen) atoms. The third kappa shape index (κ3) is 3.22. The maximum atomic E-state index is 11.5. The Morgan fingerprint density at radius 2 is 2.10 bits per heavy atom. The highest BCUT2D eigenvalue weighted by molar-refractivity contribution is 9.10. The molecule has 1 N–H and O–H groups in total. The summed E-state index contributed by atoms with van der Waals surface area (Å²) in [5.74, 6) is 0.876. The molecule has 1 aromatic heterocycles. The molecule has 0 atom stereocenters. The van der Waals surface area contributed by atoms with Crippen molar-refractivity contribution in [2.75, 3.05) is 12.4 Å². The minimum atomic E-state index is -0.381. The number of hydrogen-bond donors (Lipinski definition) is 1. The van der Waals surface area contributed by atoms with Crippen LogP contribution in [0, 0.1) is 13.8 Å². The number of ether oxygens (including phenoxy) is 1. The summed E-state index contributed by atoms with van der Waals surface area (Å²) in [5.41, 5.74) is 2.63. The lowest BCUT2D eigenvalue weighted by Gasteiger charge is -2.07. The first kappa shape index (κ1) is 14.7. The van der Waals surface area contributed by atoms with E-state index in [1.165, 1.54) is 12.7 Å². The Kier molecular flexibility index (Phi) is 4.49. The standard InChI is InChI=1S/C15H16BrNO3/c1-9-4-5-14(13(16)6-9)17-8-11-7-12(10(2)20-11)15(18)19-3/h4-7,17H,8H2,1-3H3. The van der Waals surface area contributed by atoms with Gasteiger partial charge in [0.25, 0.3) is 0 Å². The van der Waals surface area contributed by atoms with Gasteiger partial charge in [-0.05, 0) is 53.5 Å². The molecular weight excluding hydrogens is 322 g/mol. The highest BCUT2D eigenvalue weighted by Crippen LogP contribution is 2.24. The summed E-state index contributed by atoms with van der Waals surface area (Å²) in [7, 11) is 1.36. The highest BCUT2D eigenvalue weighted by atomic mass is 79.9. The molecule has 0 fully saturated rings. The average Bonchev–Trinajstić information content (AvgIpc) is 2.78. The van der Waals surface area contributed by atoms with Crippen LogP contribution in [0.25, 0.3) is 0 Å². The van der Waals surface area contributed by atoms with Gasteiger partial charge in [0, 0.05) is 10.2 Å². The number of methoxy groups -OCH3 is 1. The van der Waals surface area contributed by atoms with Gasteiger partial charge in [-0.3, -0.25) is 0 Å². The predicted molar refractivity (Wildman–Crippen MR) is 81.0 cm³/mol. The Balaban J connectivity index is 2.09. The third-order valence-electron chi connectivity index (χ3n) is 2.95. The van der Waals surface area contributed by atoms with E-state index in [2.05, 4.69) is 21.2 Å². The zero-order valence-corrected chi connectivity index (χ0v) is 13.2. The lowest BCUT2D eigenvalue weighted by molar-refractivity contribution is 0.0599. The number of aryl methyl sites for hydroxylation is 2. The van der Waals surface area contributed by atoms with E-state index in [-0.39, 0.29) is 5.97 Å². The summed E-state index contributed by atoms with van der Waals surface area (Å²) < 4.78 is 11.2. The van der Waals surface area contributed by atoms with Gasteiger partial charge in [0.05, 0.1) is 13.7 Å². The van der Waals surface area contributed by atoms with Crippen LogP contribution in [0.4, 0.5) is 5.69 Å². The van der Waals surface area contributed by atoms with Crippen molar-refractivity contribution in [3.05, 3.63) is 51.4 Å². The first-order chi connectivity index (χ1) is 9.51. The number of carbonyl (C=O) groups excluding carboxylic acids is 1. The Morgan fingerprint density at radius 1 is 1.35 bits per heavy atom. The molecule has 0 saturated heterocycles. The molecule has 0 unspecified atom stereocenters. The van der Waals surface area contributed by atoms with Crippen LogP contribution in [-0.2, 0) is 11.3 Å². The number of rotatable bonds is 4. The minimum absolute atomic E-state index is 0.381. The summed E-state index contributed by atoms with van der Waals surface area (Å²) in [6, 6.07) is 7.77. The minimum Gasteiger partial charge on any atom is -0.465 e. The van der Waals surface area contributed by atoms with Gasteiger partial charge in [-0.1, -0.05) is 6.07 Å². The van der Waals surface area contributed by atoms with Gasteiger partial charge in [0.1, 0.15) is 17.1 Å². The monoisotopic (exact) mass is 337 g/mol. The van der Waals surface area contributed by atoms with Crippen molar-refractivity contribution in [2.24, 2.45) is 0 Å². The Bertz CT molecular complexity index is 634. The van der Waals surface area contributed by atoms with E-state index in [0.29, 0.717) is 23.6 Å². The normalized spacial score (nSPS) is 10.4. The number of hydrogen-bond acceptors (Lipinski definition) is 4. The molecule has 2 rings (SSSR count). The summed E-state index contributed by atoms with van der Waals surface area (Å²) in [4.78, 5) is 11.5. The van der Waals surface area contributed by atoms with Crippen LogP contribution in [0.5, 0.6) is 0 Å². The van der Waals surface area contributed by atoms with E-state index >= 15 is 0 Å². The van der Waals surface area contributed by atoms with Crippen LogP contribution >= 0.6 is 15.9 Å². The van der Waals surface area contributed by atoms with E-state index in [1.54, 1.807) is 13.0 Å². The fraction of sp³-hybridized carbons (Fsp3) is 0.267. The second-order valence-electron chi connectivity index (χ2n) is 4.51. The van der Waals surface area contributed by atoms with E-state index in [1.807, 2.05) is 25.1 Å². The average molecular weight is 338 g/mol. The predicted octanol–water partition coefficient (Wildman–Crippen LogP) is 4.06. The van der Waals surface area contributed by atoms with Crippen molar-refractivity contribution in [1.82, 2.24) is 0 Å². The topological polar surface area (TPSA) is 51.5 Å². The van der Waals surface area contributed by atoms with Crippen LogP contribution in [0.3, 0.4) is 0 Å². The van der Waals surface area contributed by atoms with Crippen LogP contribution in [0.1, 0.15) is 27.4 Å². The second kappa shape index (κ2) is 6.13. The Hall–Kier alpha value is -1.75. The molecule has 1 heterocycles.